The molecular weight excluding hydrogens is 93.0 g/mol. The van der Waals surface area contributed by atoms with Crippen LogP contribution in [-0.4, -0.2) is 55.1 Å². The zero-order chi connectivity index (χ0) is 0. The average Bonchev–Trinajstić information content (AvgIpc) is 0. The summed E-state index contributed by atoms with van der Waals surface area (Å²) in [5.74, 6) is 0. The molecular formula is H7AlCaFLi. The summed E-state index contributed by atoms with van der Waals surface area (Å²) in [7, 11) is 0. The van der Waals surface area contributed by atoms with Crippen LogP contribution < -0.4 is 18.9 Å². The molecule has 0 aromatic rings. The van der Waals surface area contributed by atoms with Crippen molar-refractivity contribution in [3.63, 3.8) is 0 Å². The van der Waals surface area contributed by atoms with Crippen LogP contribution in [0.2, 0.25) is 0 Å². The van der Waals surface area contributed by atoms with Crippen molar-refractivity contribution in [1.82, 2.24) is 0 Å². The molecule has 0 aliphatic rings. The van der Waals surface area contributed by atoms with Crippen LogP contribution in [0.15, 0.2) is 0 Å². The Hall–Kier alpha value is 2.32. The van der Waals surface area contributed by atoms with E-state index >= 15 is 0 Å². The minimum Gasteiger partial charge on any atom is -1.00 e. The fourth-order valence-corrected chi connectivity index (χ4v) is 0. The van der Waals surface area contributed by atoms with Crippen molar-refractivity contribution in [2.45, 2.75) is 0 Å². The quantitative estimate of drug-likeness (QED) is 0.272. The predicted molar refractivity (Wildman–Crippen MR) is 21.5 cm³/mol. The molecule has 0 saturated carbocycles. The molecule has 0 aliphatic carbocycles. The Morgan fingerprint density at radius 2 is 1.25 bits per heavy atom. The first-order valence-corrected chi connectivity index (χ1v) is 0. The Kier molecular flexibility index (Phi) is 153. The average molecular weight is 100 g/mol. The number of rotatable bonds is 0. The van der Waals surface area contributed by atoms with Gasteiger partial charge in [-0.2, -0.15) is 0 Å². The van der Waals surface area contributed by atoms with E-state index in [4.69, 9.17) is 0 Å². The number of hydrogen-bond acceptors (Lipinski definition) is 0. The zero-order valence-electron chi connectivity index (χ0n) is 5.12. The van der Waals surface area contributed by atoms with Crippen molar-refractivity contribution in [3.05, 3.63) is 0 Å². The summed E-state index contributed by atoms with van der Waals surface area (Å²) < 4.78 is 0. The summed E-state index contributed by atoms with van der Waals surface area (Å²) in [6, 6.07) is 0. The minimum absolute atomic E-state index is 0. The van der Waals surface area contributed by atoms with E-state index in [1.54, 1.807) is 0 Å². The maximum Gasteiger partial charge on any atom is 2.00 e. The van der Waals surface area contributed by atoms with Crippen LogP contribution >= 0.6 is 0 Å². The van der Waals surface area contributed by atoms with Gasteiger partial charge in [-0.05, 0) is 0 Å². The van der Waals surface area contributed by atoms with Gasteiger partial charge in [0.05, 0.1) is 0 Å². The first-order valence-electron chi connectivity index (χ1n) is 0. The van der Waals surface area contributed by atoms with Crippen molar-refractivity contribution in [3.8, 4) is 0 Å². The van der Waals surface area contributed by atoms with E-state index in [1.165, 1.54) is 0 Å². The summed E-state index contributed by atoms with van der Waals surface area (Å²) in [4.78, 5) is 0. The second-order valence-corrected chi connectivity index (χ2v) is 0. The molecule has 0 fully saturated rings. The van der Waals surface area contributed by atoms with E-state index in [1.807, 2.05) is 0 Å². The molecule has 0 aromatic heterocycles. The van der Waals surface area contributed by atoms with Crippen LogP contribution in [0.1, 0.15) is 4.28 Å². The van der Waals surface area contributed by atoms with Gasteiger partial charge in [0.1, 0.15) is 0 Å². The van der Waals surface area contributed by atoms with E-state index < -0.39 is 0 Å². The van der Waals surface area contributed by atoms with E-state index in [-0.39, 0.29) is 82.9 Å². The van der Waals surface area contributed by atoms with E-state index in [2.05, 4.69) is 0 Å². The van der Waals surface area contributed by atoms with Crippen molar-refractivity contribution in [1.29, 1.82) is 0 Å². The topological polar surface area (TPSA) is 0 Å². The molecule has 0 aliphatic heterocycles. The standard InChI is InChI=1S/Al.Ca.FH.Li.6H/h;;1H;;;;;;;/q;+2;;+1;;;;3*-1. The fraction of sp³-hybridized carbons (Fsp3) is 0. The third-order valence-electron chi connectivity index (χ3n) is 0. The summed E-state index contributed by atoms with van der Waals surface area (Å²) in [5.41, 5.74) is 0. The smallest absolute Gasteiger partial charge is 1.00 e. The van der Waals surface area contributed by atoms with Crippen LogP contribution in [0.5, 0.6) is 0 Å². The maximum atomic E-state index is 0. The Morgan fingerprint density at radius 3 is 1.25 bits per heavy atom. The summed E-state index contributed by atoms with van der Waals surface area (Å²) in [6.07, 6.45) is 0. The van der Waals surface area contributed by atoms with Gasteiger partial charge in [-0.15, -0.1) is 0 Å². The monoisotopic (exact) mass is 100 g/mol. The molecule has 4 heavy (non-hydrogen) atoms. The van der Waals surface area contributed by atoms with Gasteiger partial charge in [0.2, 0.25) is 0 Å². The molecule has 0 amide bonds. The van der Waals surface area contributed by atoms with Gasteiger partial charge in [-0.3, -0.25) is 4.70 Å². The first-order chi connectivity index (χ1) is 0. The predicted octanol–water partition coefficient (Wildman–Crippen LogP) is -4.07. The molecule has 20 valence electrons. The third-order valence-corrected chi connectivity index (χ3v) is 0. The van der Waals surface area contributed by atoms with Crippen LogP contribution in [0, 0.1) is 0 Å². The summed E-state index contributed by atoms with van der Waals surface area (Å²) in [5, 5.41) is 0. The molecule has 0 atom stereocenters. The molecule has 0 unspecified atom stereocenters. The Morgan fingerprint density at radius 1 is 1.25 bits per heavy atom. The van der Waals surface area contributed by atoms with Crippen LogP contribution in [0.4, 0.5) is 4.70 Å². The second-order valence-electron chi connectivity index (χ2n) is 0. The zero-order valence-corrected chi connectivity index (χ0v) is 4.32. The molecule has 0 radical (unpaired) electrons. The first kappa shape index (κ1) is 33.2. The van der Waals surface area contributed by atoms with Gasteiger partial charge in [0.15, 0.2) is 17.4 Å². The second kappa shape index (κ2) is 18.4. The van der Waals surface area contributed by atoms with Crippen LogP contribution in [-0.2, 0) is 0 Å². The minimum atomic E-state index is 0. The van der Waals surface area contributed by atoms with Gasteiger partial charge in [-0.1, -0.05) is 0 Å². The number of hydrogen-bond donors (Lipinski definition) is 0. The molecule has 0 bridgehead atoms. The molecule has 0 spiro atoms. The van der Waals surface area contributed by atoms with Gasteiger partial charge in [0.25, 0.3) is 0 Å². The van der Waals surface area contributed by atoms with Crippen molar-refractivity contribution < 1.29 is 27.8 Å². The summed E-state index contributed by atoms with van der Waals surface area (Å²) in [6.45, 7) is 0. The van der Waals surface area contributed by atoms with Crippen LogP contribution in [0.3, 0.4) is 0 Å². The molecule has 0 aromatic carbocycles. The summed E-state index contributed by atoms with van der Waals surface area (Å²) >= 11 is 0. The molecule has 0 rings (SSSR count). The Labute approximate surface area is 81.8 Å². The SMILES string of the molecule is F.[AlH3].[Ca+2].[H-].[H-].[H-].[Li+]. The van der Waals surface area contributed by atoms with Crippen molar-refractivity contribution in [2.24, 2.45) is 0 Å². The molecule has 4 heteroatoms. The largest absolute Gasteiger partial charge is 2.00 e. The van der Waals surface area contributed by atoms with Gasteiger partial charge < -0.3 is 4.28 Å². The van der Waals surface area contributed by atoms with Gasteiger partial charge >= 0.3 is 56.6 Å². The molecule has 0 heterocycles. The van der Waals surface area contributed by atoms with Gasteiger partial charge in [-0.25, -0.2) is 0 Å². The van der Waals surface area contributed by atoms with Crippen LogP contribution in [0.25, 0.3) is 0 Å². The van der Waals surface area contributed by atoms with Gasteiger partial charge in [0, 0.05) is 0 Å². The molecule has 0 saturated heterocycles. The maximum absolute atomic E-state index is 0. The van der Waals surface area contributed by atoms with Crippen molar-refractivity contribution in [2.75, 3.05) is 0 Å². The van der Waals surface area contributed by atoms with E-state index in [0.717, 1.165) is 0 Å². The van der Waals surface area contributed by atoms with E-state index in [0.29, 0.717) is 0 Å². The molecule has 0 nitrogen and oxygen atoms in total. The third kappa shape index (κ3) is 8.85. The Balaban J connectivity index is 0. The van der Waals surface area contributed by atoms with Crippen molar-refractivity contribution >= 4 is 55.1 Å². The molecule has 0 N–H and O–H groups in total. The fourth-order valence-electron chi connectivity index (χ4n) is 0. The normalized spacial score (nSPS) is 0. The Bertz CT molecular complexity index is 14.9. The number of halogens is 1. The van der Waals surface area contributed by atoms with E-state index in [9.17, 15) is 0 Å².